The van der Waals surface area contributed by atoms with Gasteiger partial charge in [0.2, 0.25) is 0 Å². The van der Waals surface area contributed by atoms with Crippen molar-refractivity contribution < 1.29 is 19.2 Å². The zero-order valence-electron chi connectivity index (χ0n) is 8.12. The first-order valence-electron chi connectivity index (χ1n) is 3.96. The van der Waals surface area contributed by atoms with E-state index in [4.69, 9.17) is 4.74 Å². The summed E-state index contributed by atoms with van der Waals surface area (Å²) in [5.41, 5.74) is -0.524. The zero-order valence-corrected chi connectivity index (χ0v) is 8.12. The molecule has 0 aromatic carbocycles. The Balaban J connectivity index is 3.71. The number of esters is 1. The van der Waals surface area contributed by atoms with E-state index in [1.807, 2.05) is 0 Å². The molecule has 5 heteroatoms. The first-order valence-corrected chi connectivity index (χ1v) is 3.96. The van der Waals surface area contributed by atoms with Gasteiger partial charge in [-0.2, -0.15) is 5.90 Å². The first kappa shape index (κ1) is 11.9. The quantitative estimate of drug-likeness (QED) is 0.517. The van der Waals surface area contributed by atoms with Crippen molar-refractivity contribution in [1.29, 1.82) is 0 Å². The van der Waals surface area contributed by atoms with Gasteiger partial charge in [0.05, 0.1) is 12.8 Å². The lowest BCUT2D eigenvalue weighted by molar-refractivity contribution is -0.158. The maximum atomic E-state index is 11.0. The zero-order chi connectivity index (χ0) is 10.5. The average Bonchev–Trinajstić information content (AvgIpc) is 1.97. The van der Waals surface area contributed by atoms with Gasteiger partial charge in [0.25, 0.3) is 0 Å². The average molecular weight is 189 g/mol. The minimum Gasteiger partial charge on any atom is -0.460 e. The summed E-state index contributed by atoms with van der Waals surface area (Å²) in [5, 5.41) is 0. The van der Waals surface area contributed by atoms with E-state index in [1.54, 1.807) is 20.8 Å². The van der Waals surface area contributed by atoms with Gasteiger partial charge in [-0.05, 0) is 20.8 Å². The van der Waals surface area contributed by atoms with Crippen LogP contribution in [-0.2, 0) is 19.2 Å². The Kier molecular flexibility index (Phi) is 4.40. The first-order chi connectivity index (χ1) is 5.85. The number of hydrogen-bond donors (Lipinski definition) is 1. The summed E-state index contributed by atoms with van der Waals surface area (Å²) >= 11 is 0. The van der Waals surface area contributed by atoms with Crippen molar-refractivity contribution in [1.82, 2.24) is 0 Å². The third kappa shape index (κ3) is 7.27. The molecule has 0 amide bonds. The SMILES string of the molecule is CC(C)(C)OC(=O)CCC(=O)ON. The third-order valence-electron chi connectivity index (χ3n) is 1.08. The second-order valence-electron chi connectivity index (χ2n) is 3.58. The lowest BCUT2D eigenvalue weighted by Crippen LogP contribution is -2.24. The van der Waals surface area contributed by atoms with Gasteiger partial charge in [-0.25, -0.2) is 0 Å². The molecule has 0 fully saturated rings. The van der Waals surface area contributed by atoms with Crippen LogP contribution in [0.25, 0.3) is 0 Å². The van der Waals surface area contributed by atoms with Gasteiger partial charge in [-0.1, -0.05) is 0 Å². The van der Waals surface area contributed by atoms with Crippen molar-refractivity contribution in [2.45, 2.75) is 39.2 Å². The summed E-state index contributed by atoms with van der Waals surface area (Å²) in [7, 11) is 0. The highest BCUT2D eigenvalue weighted by molar-refractivity contribution is 5.77. The van der Waals surface area contributed by atoms with Crippen LogP contribution >= 0.6 is 0 Å². The van der Waals surface area contributed by atoms with E-state index < -0.39 is 17.5 Å². The van der Waals surface area contributed by atoms with E-state index >= 15 is 0 Å². The van der Waals surface area contributed by atoms with Gasteiger partial charge in [0, 0.05) is 0 Å². The number of hydrogen-bond acceptors (Lipinski definition) is 5. The van der Waals surface area contributed by atoms with E-state index in [-0.39, 0.29) is 12.8 Å². The Labute approximate surface area is 77.1 Å². The molecule has 0 atom stereocenters. The molecule has 2 N–H and O–H groups in total. The molecule has 0 aliphatic heterocycles. The third-order valence-corrected chi connectivity index (χ3v) is 1.08. The maximum Gasteiger partial charge on any atom is 0.325 e. The molecular weight excluding hydrogens is 174 g/mol. The summed E-state index contributed by atoms with van der Waals surface area (Å²) in [4.78, 5) is 25.4. The molecule has 5 nitrogen and oxygen atoms in total. The van der Waals surface area contributed by atoms with Crippen molar-refractivity contribution >= 4 is 11.9 Å². The normalized spacial score (nSPS) is 10.8. The number of ether oxygens (including phenoxy) is 1. The Hall–Kier alpha value is -1.10. The number of nitrogens with two attached hydrogens (primary N) is 1. The molecule has 0 saturated carbocycles. The number of carbonyl (C=O) groups is 2. The highest BCUT2D eigenvalue weighted by Gasteiger charge is 2.17. The summed E-state index contributed by atoms with van der Waals surface area (Å²) in [6.07, 6.45) is -0.0568. The van der Waals surface area contributed by atoms with Crippen LogP contribution in [-0.4, -0.2) is 17.5 Å². The standard InChI is InChI=1S/C8H15NO4/c1-8(2,3)12-6(10)4-5-7(11)13-9/h4-5,9H2,1-3H3. The predicted molar refractivity (Wildman–Crippen MR) is 45.4 cm³/mol. The molecule has 0 unspecified atom stereocenters. The van der Waals surface area contributed by atoms with Crippen LogP contribution < -0.4 is 5.90 Å². The van der Waals surface area contributed by atoms with Crippen molar-refractivity contribution in [3.63, 3.8) is 0 Å². The molecular formula is C8H15NO4. The van der Waals surface area contributed by atoms with Crippen LogP contribution in [0.15, 0.2) is 0 Å². The largest absolute Gasteiger partial charge is 0.460 e. The van der Waals surface area contributed by atoms with Crippen LogP contribution in [0.5, 0.6) is 0 Å². The van der Waals surface area contributed by atoms with Crippen LogP contribution in [0.3, 0.4) is 0 Å². The molecule has 0 aliphatic rings. The monoisotopic (exact) mass is 189 g/mol. The van der Waals surface area contributed by atoms with E-state index in [0.717, 1.165) is 0 Å². The van der Waals surface area contributed by atoms with Crippen molar-refractivity contribution in [3.8, 4) is 0 Å². The maximum absolute atomic E-state index is 11.0. The molecule has 0 bridgehead atoms. The highest BCUT2D eigenvalue weighted by atomic mass is 16.7. The van der Waals surface area contributed by atoms with E-state index in [1.165, 1.54) is 0 Å². The molecule has 0 aromatic rings. The van der Waals surface area contributed by atoms with Gasteiger partial charge < -0.3 is 9.57 Å². The van der Waals surface area contributed by atoms with Gasteiger partial charge in [-0.3, -0.25) is 9.59 Å². The van der Waals surface area contributed by atoms with E-state index in [2.05, 4.69) is 10.7 Å². The van der Waals surface area contributed by atoms with Gasteiger partial charge in [0.1, 0.15) is 5.60 Å². The van der Waals surface area contributed by atoms with Crippen LogP contribution in [0.1, 0.15) is 33.6 Å². The lowest BCUT2D eigenvalue weighted by atomic mass is 10.2. The number of carbonyl (C=O) groups excluding carboxylic acids is 2. The smallest absolute Gasteiger partial charge is 0.325 e. The molecule has 13 heavy (non-hydrogen) atoms. The molecule has 0 heterocycles. The van der Waals surface area contributed by atoms with Crippen LogP contribution in [0.2, 0.25) is 0 Å². The van der Waals surface area contributed by atoms with Crippen molar-refractivity contribution in [3.05, 3.63) is 0 Å². The second-order valence-corrected chi connectivity index (χ2v) is 3.58. The van der Waals surface area contributed by atoms with Gasteiger partial charge >= 0.3 is 11.9 Å². The summed E-state index contributed by atoms with van der Waals surface area (Å²) in [6.45, 7) is 5.27. The molecule has 0 radical (unpaired) electrons. The van der Waals surface area contributed by atoms with Crippen molar-refractivity contribution in [2.24, 2.45) is 5.90 Å². The molecule has 0 aliphatic carbocycles. The van der Waals surface area contributed by atoms with Crippen LogP contribution in [0.4, 0.5) is 0 Å². The fraction of sp³-hybridized carbons (Fsp3) is 0.750. The Morgan fingerprint density at radius 1 is 1.15 bits per heavy atom. The molecule has 0 spiro atoms. The predicted octanol–water partition coefficient (Wildman–Crippen LogP) is 0.525. The molecule has 0 rings (SSSR count). The fourth-order valence-electron chi connectivity index (χ4n) is 0.656. The lowest BCUT2D eigenvalue weighted by Gasteiger charge is -2.19. The summed E-state index contributed by atoms with van der Waals surface area (Å²) in [5.74, 6) is 3.53. The van der Waals surface area contributed by atoms with Gasteiger partial charge in [0.15, 0.2) is 0 Å². The highest BCUT2D eigenvalue weighted by Crippen LogP contribution is 2.08. The Morgan fingerprint density at radius 3 is 2.00 bits per heavy atom. The molecule has 0 aromatic heterocycles. The fourth-order valence-corrected chi connectivity index (χ4v) is 0.656. The Bertz CT molecular complexity index is 195. The van der Waals surface area contributed by atoms with Crippen LogP contribution in [0, 0.1) is 0 Å². The van der Waals surface area contributed by atoms with Crippen molar-refractivity contribution in [2.75, 3.05) is 0 Å². The Morgan fingerprint density at radius 2 is 1.62 bits per heavy atom. The number of rotatable bonds is 3. The minimum atomic E-state index is -0.620. The summed E-state index contributed by atoms with van der Waals surface area (Å²) < 4.78 is 4.95. The second kappa shape index (κ2) is 4.81. The van der Waals surface area contributed by atoms with E-state index in [9.17, 15) is 9.59 Å². The minimum absolute atomic E-state index is 0.00664. The molecule has 0 saturated heterocycles. The summed E-state index contributed by atoms with van der Waals surface area (Å²) in [6, 6.07) is 0. The topological polar surface area (TPSA) is 78.6 Å². The van der Waals surface area contributed by atoms with Gasteiger partial charge in [-0.15, -0.1) is 0 Å². The molecule has 76 valence electrons. The van der Waals surface area contributed by atoms with E-state index in [0.29, 0.717) is 0 Å².